The molecule has 1 aromatic carbocycles. The summed E-state index contributed by atoms with van der Waals surface area (Å²) < 4.78 is 5.48. The fourth-order valence-electron chi connectivity index (χ4n) is 11.7. The van der Waals surface area contributed by atoms with Crippen molar-refractivity contribution in [2.24, 2.45) is 41.4 Å². The van der Waals surface area contributed by atoms with Crippen LogP contribution in [0, 0.1) is 41.4 Å². The fraction of sp³-hybridized carbons (Fsp3) is 0.739. The van der Waals surface area contributed by atoms with Gasteiger partial charge in [-0.15, -0.1) is 0 Å². The van der Waals surface area contributed by atoms with E-state index in [-0.39, 0.29) is 81.6 Å². The molecule has 0 bridgehead atoms. The molecule has 5 N–H and O–H groups in total. The number of aliphatic hydroxyl groups is 1. The molecule has 1 aliphatic heterocycles. The number of carbonyl (C=O) groups excluding carboxylic acids is 12. The lowest BCUT2D eigenvalue weighted by Crippen LogP contribution is -2.63. The molecular formula is C69H117N11O14. The number of nitrogens with one attached hydrogen (secondary N) is 4. The first-order valence-corrected chi connectivity index (χ1v) is 33.6. The molecule has 12 atom stereocenters. The number of ether oxygens (including phenoxy) is 1. The normalized spacial score (nSPS) is 25.3. The van der Waals surface area contributed by atoms with Crippen molar-refractivity contribution in [3.8, 4) is 0 Å². The molecule has 1 heterocycles. The van der Waals surface area contributed by atoms with Gasteiger partial charge in [-0.3, -0.25) is 57.5 Å². The van der Waals surface area contributed by atoms with Crippen molar-refractivity contribution in [2.45, 2.75) is 235 Å². The Morgan fingerprint density at radius 2 is 0.947 bits per heavy atom. The fourth-order valence-corrected chi connectivity index (χ4v) is 11.7. The molecule has 0 radical (unpaired) electrons. The van der Waals surface area contributed by atoms with Crippen molar-refractivity contribution < 1.29 is 67.4 Å². The minimum atomic E-state index is -1.72. The molecule has 0 spiro atoms. The highest BCUT2D eigenvalue weighted by Gasteiger charge is 2.46. The third-order valence-corrected chi connectivity index (χ3v) is 17.6. The van der Waals surface area contributed by atoms with E-state index in [0.29, 0.717) is 0 Å². The Morgan fingerprint density at radius 3 is 1.44 bits per heavy atom. The molecule has 1 saturated heterocycles. The summed E-state index contributed by atoms with van der Waals surface area (Å²) in [6, 6.07) is -3.62. The highest BCUT2D eigenvalue weighted by Crippen LogP contribution is 2.26. The maximum atomic E-state index is 15.4. The molecule has 0 saturated carbocycles. The van der Waals surface area contributed by atoms with Crippen LogP contribution >= 0.6 is 0 Å². The van der Waals surface area contributed by atoms with Crippen molar-refractivity contribution in [3.05, 3.63) is 35.9 Å². The van der Waals surface area contributed by atoms with Crippen LogP contribution in [-0.2, 0) is 68.9 Å². The molecule has 94 heavy (non-hydrogen) atoms. The summed E-state index contributed by atoms with van der Waals surface area (Å²) >= 11 is 0. The van der Waals surface area contributed by atoms with Crippen LogP contribution in [0.4, 0.5) is 0 Å². The molecule has 1 aliphatic rings. The van der Waals surface area contributed by atoms with Crippen LogP contribution in [0.3, 0.4) is 0 Å². The lowest BCUT2D eigenvalue weighted by Gasteiger charge is -2.41. The van der Waals surface area contributed by atoms with Gasteiger partial charge in [0.1, 0.15) is 67.0 Å². The second kappa shape index (κ2) is 38.4. The molecule has 0 unspecified atom stereocenters. The standard InChI is InChI=1S/C69H117N11O14/c1-24-49-65(89)74(17)37-54(81)75(18)50(33-39(2)3)62(86)73-56(43(10)11)68(92)76(19)51(34-40(4)5)61(85)70-46(15)60(84)71-47(16)64(88)77(20)52(35-41(6)7)66(90)78(21)53(36-42(8)9)67(91)79(22)57(44(12)13)69(93)80(23)58(63(87)72-49)59(83)45(14)29-28-32-55(82)94-38-48-30-26-25-27-31-48/h25-27,30-31,39-47,49-53,56-59,83H,24,28-29,32-38H2,1-23H3,(H,70,85)(H,71,84)(H,72,87)(H,73,86)/t45-,46+,47-,49+,50+,51+,52+,53+,56+,57+,58+,59-/m1/s1. The van der Waals surface area contributed by atoms with Crippen LogP contribution < -0.4 is 21.3 Å². The molecule has 11 amide bonds. The number of esters is 1. The van der Waals surface area contributed by atoms with Crippen molar-refractivity contribution in [2.75, 3.05) is 55.9 Å². The van der Waals surface area contributed by atoms with Gasteiger partial charge in [-0.2, -0.15) is 0 Å². The van der Waals surface area contributed by atoms with E-state index < -0.39 is 162 Å². The van der Waals surface area contributed by atoms with Crippen LogP contribution in [0.1, 0.15) is 168 Å². The number of rotatable bonds is 19. The number of benzene rings is 1. The second-order valence-corrected chi connectivity index (χ2v) is 28.3. The average molecular weight is 1320 g/mol. The number of aliphatic hydroxyl groups excluding tert-OH is 1. The Morgan fingerprint density at radius 1 is 0.500 bits per heavy atom. The van der Waals surface area contributed by atoms with Gasteiger partial charge < -0.3 is 65.4 Å². The van der Waals surface area contributed by atoms with Crippen molar-refractivity contribution in [1.29, 1.82) is 0 Å². The minimum absolute atomic E-state index is 0.0262. The monoisotopic (exact) mass is 1320 g/mol. The van der Waals surface area contributed by atoms with E-state index in [0.717, 1.165) is 15.4 Å². The molecular weight excluding hydrogens is 1210 g/mol. The predicted molar refractivity (Wildman–Crippen MR) is 359 cm³/mol. The van der Waals surface area contributed by atoms with E-state index in [2.05, 4.69) is 21.3 Å². The van der Waals surface area contributed by atoms with Gasteiger partial charge in [-0.1, -0.05) is 127 Å². The third kappa shape index (κ3) is 23.9. The van der Waals surface area contributed by atoms with Gasteiger partial charge in [-0.25, -0.2) is 0 Å². The summed E-state index contributed by atoms with van der Waals surface area (Å²) in [6.07, 6.45) is -0.768. The molecule has 1 fully saturated rings. The van der Waals surface area contributed by atoms with Crippen molar-refractivity contribution in [3.63, 3.8) is 0 Å². The topological polar surface area (TPSA) is 305 Å². The maximum Gasteiger partial charge on any atom is 0.306 e. The van der Waals surface area contributed by atoms with Gasteiger partial charge in [-0.05, 0) is 106 Å². The van der Waals surface area contributed by atoms with Gasteiger partial charge in [0.05, 0.1) is 12.6 Å². The Balaban J connectivity index is 2.95. The van der Waals surface area contributed by atoms with Crippen LogP contribution in [-0.4, -0.2) is 233 Å². The summed E-state index contributed by atoms with van der Waals surface area (Å²) in [5.41, 5.74) is 0.795. The highest BCUT2D eigenvalue weighted by atomic mass is 16.5. The quantitative estimate of drug-likeness (QED) is 0.121. The summed E-state index contributed by atoms with van der Waals surface area (Å²) in [5.74, 6) is -10.9. The lowest BCUT2D eigenvalue weighted by atomic mass is 9.90. The van der Waals surface area contributed by atoms with E-state index in [4.69, 9.17) is 4.74 Å². The SMILES string of the molecule is CC[C@@H]1NC(=O)[C@H]([C@H](O)[C@H](C)CCCC(=O)OCc2ccccc2)N(C)C(=O)[C@H](C(C)C)N(C)C(=O)[C@H](CC(C)C)N(C)C(=O)[C@H](CC(C)C)N(C)C(=O)[C@@H](C)NC(=O)[C@H](C)NC(=O)[C@H](CC(C)C)N(C)C(=O)[C@H](C(C)C)NC(=O)[C@H](CC(C)C)N(C)C(=O)CN(C)C1=O. The van der Waals surface area contributed by atoms with Crippen molar-refractivity contribution in [1.82, 2.24) is 55.6 Å². The molecule has 25 heteroatoms. The first kappa shape index (κ1) is 82.9. The molecule has 532 valence electrons. The van der Waals surface area contributed by atoms with Crippen LogP contribution in [0.25, 0.3) is 0 Å². The van der Waals surface area contributed by atoms with Crippen LogP contribution in [0.5, 0.6) is 0 Å². The molecule has 0 aliphatic carbocycles. The second-order valence-electron chi connectivity index (χ2n) is 28.3. The zero-order chi connectivity index (χ0) is 72.1. The first-order valence-electron chi connectivity index (χ1n) is 33.6. The van der Waals surface area contributed by atoms with E-state index in [1.165, 1.54) is 87.7 Å². The zero-order valence-corrected chi connectivity index (χ0v) is 60.7. The summed E-state index contributed by atoms with van der Waals surface area (Å²) in [5, 5.41) is 23.4. The van der Waals surface area contributed by atoms with Gasteiger partial charge in [0.15, 0.2) is 0 Å². The van der Waals surface area contributed by atoms with Crippen molar-refractivity contribution >= 4 is 70.9 Å². The number of amides is 11. The van der Waals surface area contributed by atoms with Gasteiger partial charge >= 0.3 is 5.97 Å². The Labute approximate surface area is 560 Å². The zero-order valence-electron chi connectivity index (χ0n) is 60.7. The van der Waals surface area contributed by atoms with E-state index >= 15 is 19.2 Å². The first-order chi connectivity index (χ1) is 43.6. The van der Waals surface area contributed by atoms with Gasteiger partial charge in [0, 0.05) is 55.8 Å². The van der Waals surface area contributed by atoms with Gasteiger partial charge in [0.2, 0.25) is 65.0 Å². The van der Waals surface area contributed by atoms with E-state index in [1.54, 1.807) is 41.5 Å². The predicted octanol–water partition coefficient (Wildman–Crippen LogP) is 4.22. The smallest absolute Gasteiger partial charge is 0.306 e. The van der Waals surface area contributed by atoms with Crippen LogP contribution in [0.15, 0.2) is 30.3 Å². The van der Waals surface area contributed by atoms with Crippen LogP contribution in [0.2, 0.25) is 0 Å². The Kier molecular flexibility index (Phi) is 33.9. The Bertz CT molecular complexity index is 2730. The Hall–Kier alpha value is -7.18. The minimum Gasteiger partial charge on any atom is -0.461 e. The number of nitrogens with zero attached hydrogens (tertiary/aromatic N) is 7. The van der Waals surface area contributed by atoms with E-state index in [1.807, 2.05) is 85.7 Å². The maximum absolute atomic E-state index is 15.4. The average Bonchev–Trinajstić information content (AvgIpc) is 0.836. The lowest BCUT2D eigenvalue weighted by molar-refractivity contribution is -0.157. The molecule has 2 rings (SSSR count). The van der Waals surface area contributed by atoms with Gasteiger partial charge in [0.25, 0.3) is 0 Å². The highest BCUT2D eigenvalue weighted by molar-refractivity contribution is 5.99. The van der Waals surface area contributed by atoms with E-state index in [9.17, 15) is 43.5 Å². The molecule has 1 aromatic rings. The molecule has 25 nitrogen and oxygen atoms in total. The number of hydrogen-bond donors (Lipinski definition) is 5. The third-order valence-electron chi connectivity index (χ3n) is 17.6. The summed E-state index contributed by atoms with van der Waals surface area (Å²) in [7, 11) is 9.79. The number of carbonyl (C=O) groups is 12. The number of likely N-dealkylation sites (N-methyl/N-ethyl adjacent to an activating group) is 7. The summed E-state index contributed by atoms with van der Waals surface area (Å²) in [4.78, 5) is 183. The summed E-state index contributed by atoms with van der Waals surface area (Å²) in [6.45, 7) is 27.3. The largest absolute Gasteiger partial charge is 0.461 e. The number of hydrogen-bond acceptors (Lipinski definition) is 14. The molecule has 0 aromatic heterocycles.